The minimum Gasteiger partial charge on any atom is -0.392 e. The summed E-state index contributed by atoms with van der Waals surface area (Å²) in [7, 11) is 0. The van der Waals surface area contributed by atoms with E-state index in [1.807, 2.05) is 13.8 Å². The summed E-state index contributed by atoms with van der Waals surface area (Å²) in [4.78, 5) is 3.85. The SMILES string of the molecule is CC(O)C(C)(C)c1cc(Cl)c2c(Cl)nc(Cl)nn12. The summed E-state index contributed by atoms with van der Waals surface area (Å²) in [6, 6.07) is 1.72. The number of aromatic nitrogens is 3. The Balaban J connectivity index is 2.82. The van der Waals surface area contributed by atoms with Crippen molar-refractivity contribution < 1.29 is 5.11 Å². The molecule has 2 aromatic heterocycles. The summed E-state index contributed by atoms with van der Waals surface area (Å²) in [5, 5.41) is 14.6. The largest absolute Gasteiger partial charge is 0.392 e. The molecule has 98 valence electrons. The van der Waals surface area contributed by atoms with Gasteiger partial charge in [0.25, 0.3) is 0 Å². The first-order valence-electron chi connectivity index (χ1n) is 5.34. The number of hydrogen-bond acceptors (Lipinski definition) is 3. The van der Waals surface area contributed by atoms with E-state index in [1.54, 1.807) is 13.0 Å². The molecule has 1 unspecified atom stereocenters. The highest BCUT2D eigenvalue weighted by molar-refractivity contribution is 6.39. The topological polar surface area (TPSA) is 50.4 Å². The minimum atomic E-state index is -0.584. The predicted octanol–water partition coefficient (Wildman–Crippen LogP) is 3.35. The van der Waals surface area contributed by atoms with Crippen molar-refractivity contribution >= 4 is 40.3 Å². The van der Waals surface area contributed by atoms with Crippen molar-refractivity contribution in [1.29, 1.82) is 0 Å². The van der Waals surface area contributed by atoms with Gasteiger partial charge >= 0.3 is 0 Å². The van der Waals surface area contributed by atoms with E-state index in [9.17, 15) is 5.11 Å². The molecule has 0 spiro atoms. The Kier molecular flexibility index (Phi) is 3.49. The Hall–Kier alpha value is -0.550. The molecule has 0 aliphatic heterocycles. The van der Waals surface area contributed by atoms with E-state index in [2.05, 4.69) is 10.1 Å². The normalized spacial score (nSPS) is 14.2. The number of fused-ring (bicyclic) bond motifs is 1. The first-order chi connectivity index (χ1) is 8.25. The van der Waals surface area contributed by atoms with E-state index in [-0.39, 0.29) is 10.4 Å². The molecule has 0 amide bonds. The van der Waals surface area contributed by atoms with Crippen molar-refractivity contribution in [3.05, 3.63) is 27.2 Å². The molecule has 0 fully saturated rings. The maximum atomic E-state index is 9.88. The smallest absolute Gasteiger partial charge is 0.242 e. The first kappa shape index (κ1) is 13.9. The van der Waals surface area contributed by atoms with Crippen LogP contribution in [-0.4, -0.2) is 25.8 Å². The number of aliphatic hydroxyl groups excluding tert-OH is 1. The van der Waals surface area contributed by atoms with Crippen molar-refractivity contribution in [2.24, 2.45) is 0 Å². The van der Waals surface area contributed by atoms with Gasteiger partial charge in [-0.1, -0.05) is 37.0 Å². The van der Waals surface area contributed by atoms with Crippen LogP contribution in [0.15, 0.2) is 6.07 Å². The van der Waals surface area contributed by atoms with Crippen molar-refractivity contribution in [1.82, 2.24) is 14.6 Å². The van der Waals surface area contributed by atoms with Gasteiger partial charge < -0.3 is 5.11 Å². The summed E-state index contributed by atoms with van der Waals surface area (Å²) in [6.45, 7) is 5.48. The zero-order valence-electron chi connectivity index (χ0n) is 10.1. The fourth-order valence-electron chi connectivity index (χ4n) is 1.67. The molecule has 1 N–H and O–H groups in total. The van der Waals surface area contributed by atoms with Gasteiger partial charge in [0.2, 0.25) is 5.28 Å². The monoisotopic (exact) mass is 307 g/mol. The Bertz CT molecular complexity index is 607. The molecular formula is C11H12Cl3N3O. The summed E-state index contributed by atoms with van der Waals surface area (Å²) >= 11 is 17.9. The van der Waals surface area contributed by atoms with Crippen LogP contribution in [0.1, 0.15) is 26.5 Å². The zero-order valence-corrected chi connectivity index (χ0v) is 12.3. The molecule has 0 saturated carbocycles. The van der Waals surface area contributed by atoms with Crippen molar-refractivity contribution in [2.45, 2.75) is 32.3 Å². The molecule has 0 aliphatic rings. The van der Waals surface area contributed by atoms with Crippen LogP contribution in [0.4, 0.5) is 0 Å². The van der Waals surface area contributed by atoms with Crippen LogP contribution < -0.4 is 0 Å². The molecule has 0 saturated heterocycles. The number of nitrogens with zero attached hydrogens (tertiary/aromatic N) is 3. The second-order valence-corrected chi connectivity index (χ2v) is 5.81. The van der Waals surface area contributed by atoms with Gasteiger partial charge in [-0.05, 0) is 24.6 Å². The standard InChI is InChI=1S/C11H12Cl3N3O/c1-5(18)11(2,3)7-4-6(12)8-9(13)15-10(14)16-17(7)8/h4-5,18H,1-3H3. The first-order valence-corrected chi connectivity index (χ1v) is 6.47. The Morgan fingerprint density at radius 3 is 2.50 bits per heavy atom. The third kappa shape index (κ3) is 2.07. The molecule has 1 atom stereocenters. The van der Waals surface area contributed by atoms with Gasteiger partial charge in [-0.25, -0.2) is 9.50 Å². The van der Waals surface area contributed by atoms with Crippen LogP contribution in [-0.2, 0) is 5.41 Å². The Morgan fingerprint density at radius 1 is 1.33 bits per heavy atom. The van der Waals surface area contributed by atoms with Crippen LogP contribution >= 0.6 is 34.8 Å². The summed E-state index contributed by atoms with van der Waals surface area (Å²) < 4.78 is 1.53. The predicted molar refractivity (Wildman–Crippen MR) is 72.7 cm³/mol. The van der Waals surface area contributed by atoms with Gasteiger partial charge in [-0.3, -0.25) is 0 Å². The highest BCUT2D eigenvalue weighted by Crippen LogP contribution is 2.35. The molecule has 0 aromatic carbocycles. The highest BCUT2D eigenvalue weighted by Gasteiger charge is 2.31. The average Bonchev–Trinajstić information content (AvgIpc) is 2.55. The molecule has 0 aliphatic carbocycles. The lowest BCUT2D eigenvalue weighted by atomic mass is 9.84. The molecule has 2 rings (SSSR count). The van der Waals surface area contributed by atoms with Crippen molar-refractivity contribution in [3.63, 3.8) is 0 Å². The second kappa shape index (κ2) is 4.53. The Labute approximate surface area is 119 Å². The van der Waals surface area contributed by atoms with Gasteiger partial charge in [0.1, 0.15) is 5.52 Å². The summed E-state index contributed by atoms with van der Waals surface area (Å²) in [5.74, 6) is 0. The summed E-state index contributed by atoms with van der Waals surface area (Å²) in [6.07, 6.45) is -0.584. The van der Waals surface area contributed by atoms with E-state index in [4.69, 9.17) is 34.8 Å². The fraction of sp³-hybridized carbons (Fsp3) is 0.455. The van der Waals surface area contributed by atoms with E-state index >= 15 is 0 Å². The maximum absolute atomic E-state index is 9.88. The number of halogens is 3. The third-order valence-electron chi connectivity index (χ3n) is 3.20. The second-order valence-electron chi connectivity index (χ2n) is 4.71. The zero-order chi connectivity index (χ0) is 13.7. The van der Waals surface area contributed by atoms with Crippen LogP contribution in [0.2, 0.25) is 15.5 Å². The lowest BCUT2D eigenvalue weighted by molar-refractivity contribution is 0.114. The van der Waals surface area contributed by atoms with Crippen LogP contribution in [0.3, 0.4) is 0 Å². The van der Waals surface area contributed by atoms with Crippen LogP contribution in [0.5, 0.6) is 0 Å². The summed E-state index contributed by atoms with van der Waals surface area (Å²) in [5.41, 5.74) is 0.673. The number of rotatable bonds is 2. The van der Waals surface area contributed by atoms with Gasteiger partial charge in [-0.2, -0.15) is 0 Å². The molecule has 18 heavy (non-hydrogen) atoms. The van der Waals surface area contributed by atoms with Crippen LogP contribution in [0, 0.1) is 0 Å². The molecule has 4 nitrogen and oxygen atoms in total. The van der Waals surface area contributed by atoms with E-state index in [1.165, 1.54) is 4.52 Å². The van der Waals surface area contributed by atoms with E-state index in [0.29, 0.717) is 10.5 Å². The van der Waals surface area contributed by atoms with Gasteiger partial charge in [0.05, 0.1) is 16.8 Å². The highest BCUT2D eigenvalue weighted by atomic mass is 35.5. The van der Waals surface area contributed by atoms with Crippen molar-refractivity contribution in [2.75, 3.05) is 0 Å². The van der Waals surface area contributed by atoms with Crippen molar-refractivity contribution in [3.8, 4) is 0 Å². The maximum Gasteiger partial charge on any atom is 0.242 e. The molecule has 2 heterocycles. The van der Waals surface area contributed by atoms with E-state index < -0.39 is 11.5 Å². The Morgan fingerprint density at radius 2 is 1.94 bits per heavy atom. The van der Waals surface area contributed by atoms with E-state index in [0.717, 1.165) is 5.69 Å². The van der Waals surface area contributed by atoms with Gasteiger partial charge in [0, 0.05) is 5.41 Å². The average molecular weight is 309 g/mol. The van der Waals surface area contributed by atoms with Crippen LogP contribution in [0.25, 0.3) is 5.52 Å². The molecule has 0 radical (unpaired) electrons. The lowest BCUT2D eigenvalue weighted by Crippen LogP contribution is -2.32. The lowest BCUT2D eigenvalue weighted by Gasteiger charge is -2.27. The quantitative estimate of drug-likeness (QED) is 0.925. The molecule has 2 aromatic rings. The molecule has 7 heteroatoms. The third-order valence-corrected chi connectivity index (χ3v) is 3.91. The molecular weight excluding hydrogens is 296 g/mol. The minimum absolute atomic E-state index is 0.0300. The fourth-order valence-corrected chi connectivity index (χ4v) is 2.46. The number of aliphatic hydroxyl groups is 1. The van der Waals surface area contributed by atoms with Gasteiger partial charge in [-0.15, -0.1) is 5.10 Å². The molecule has 0 bridgehead atoms. The number of hydrogen-bond donors (Lipinski definition) is 1. The van der Waals surface area contributed by atoms with Gasteiger partial charge in [0.15, 0.2) is 5.15 Å².